The first-order valence-corrected chi connectivity index (χ1v) is 10.0. The lowest BCUT2D eigenvalue weighted by Crippen LogP contribution is -2.19. The van der Waals surface area contributed by atoms with Gasteiger partial charge < -0.3 is 14.0 Å². The summed E-state index contributed by atoms with van der Waals surface area (Å²) < 4.78 is 13.9. The molecule has 5 nitrogen and oxygen atoms in total. The molecule has 142 valence electrons. The van der Waals surface area contributed by atoms with Gasteiger partial charge in [-0.3, -0.25) is 4.79 Å². The van der Waals surface area contributed by atoms with E-state index in [4.69, 9.17) is 21.1 Å². The summed E-state index contributed by atoms with van der Waals surface area (Å²) in [5, 5.41) is 0.657. The number of halogens is 1. The van der Waals surface area contributed by atoms with Crippen LogP contribution in [0.1, 0.15) is 24.2 Å². The average molecular weight is 405 g/mol. The van der Waals surface area contributed by atoms with Crippen LogP contribution in [0.25, 0.3) is 10.2 Å². The summed E-state index contributed by atoms with van der Waals surface area (Å²) in [5.41, 5.74) is 1.51. The third kappa shape index (κ3) is 4.77. The number of amides is 1. The van der Waals surface area contributed by atoms with Gasteiger partial charge in [0, 0.05) is 23.7 Å². The molecule has 0 spiro atoms. The number of ether oxygens (including phenoxy) is 2. The summed E-state index contributed by atoms with van der Waals surface area (Å²) in [6, 6.07) is 12.7. The third-order valence-electron chi connectivity index (χ3n) is 3.92. The first kappa shape index (κ1) is 19.6. The zero-order valence-corrected chi connectivity index (χ0v) is 16.8. The van der Waals surface area contributed by atoms with E-state index in [2.05, 4.69) is 4.99 Å². The minimum atomic E-state index is -0.291. The number of rotatable bonds is 7. The van der Waals surface area contributed by atoms with Crippen LogP contribution in [0.3, 0.4) is 0 Å². The fourth-order valence-corrected chi connectivity index (χ4v) is 3.99. The summed E-state index contributed by atoms with van der Waals surface area (Å²) in [7, 11) is 0. The lowest BCUT2D eigenvalue weighted by atomic mass is 10.2. The van der Waals surface area contributed by atoms with Gasteiger partial charge in [0.05, 0.1) is 23.4 Å². The molecule has 2 aromatic carbocycles. The van der Waals surface area contributed by atoms with Crippen LogP contribution < -0.4 is 9.54 Å². The Balaban J connectivity index is 1.97. The van der Waals surface area contributed by atoms with Gasteiger partial charge in [-0.25, -0.2) is 0 Å². The first-order valence-electron chi connectivity index (χ1n) is 8.81. The molecule has 3 rings (SSSR count). The summed E-state index contributed by atoms with van der Waals surface area (Å²) in [4.78, 5) is 17.6. The van der Waals surface area contributed by atoms with E-state index in [-0.39, 0.29) is 5.91 Å². The molecular weight excluding hydrogens is 384 g/mol. The van der Waals surface area contributed by atoms with Crippen LogP contribution in [0, 0.1) is 0 Å². The Bertz CT molecular complexity index is 993. The van der Waals surface area contributed by atoms with Crippen molar-refractivity contribution in [3.63, 3.8) is 0 Å². The zero-order chi connectivity index (χ0) is 19.2. The van der Waals surface area contributed by atoms with E-state index in [1.807, 2.05) is 36.6 Å². The highest BCUT2D eigenvalue weighted by molar-refractivity contribution is 7.16. The molecule has 0 radical (unpaired) electrons. The van der Waals surface area contributed by atoms with E-state index in [1.165, 1.54) is 11.3 Å². The van der Waals surface area contributed by atoms with Crippen LogP contribution in [-0.2, 0) is 11.3 Å². The van der Waals surface area contributed by atoms with Crippen molar-refractivity contribution >= 4 is 39.1 Å². The largest absolute Gasteiger partial charge is 0.494 e. The van der Waals surface area contributed by atoms with Crippen LogP contribution in [-0.4, -0.2) is 30.3 Å². The monoisotopic (exact) mass is 404 g/mol. The SMILES string of the molecule is CCOCCn1c(=NC(=O)c2ccc(OCC)cc2)sc2cc(Cl)ccc21. The van der Waals surface area contributed by atoms with Crippen molar-refractivity contribution in [2.24, 2.45) is 4.99 Å². The molecule has 0 bridgehead atoms. The number of thiazole rings is 1. The number of benzene rings is 2. The molecule has 0 saturated carbocycles. The van der Waals surface area contributed by atoms with E-state index >= 15 is 0 Å². The molecule has 0 atom stereocenters. The minimum Gasteiger partial charge on any atom is -0.494 e. The molecule has 0 aliphatic heterocycles. The molecule has 7 heteroatoms. The lowest BCUT2D eigenvalue weighted by molar-refractivity contribution is 0.0996. The fourth-order valence-electron chi connectivity index (χ4n) is 2.66. The number of carbonyl (C=O) groups is 1. The van der Waals surface area contributed by atoms with Gasteiger partial charge in [-0.15, -0.1) is 0 Å². The van der Waals surface area contributed by atoms with Crippen molar-refractivity contribution < 1.29 is 14.3 Å². The second kappa shape index (κ2) is 9.17. The minimum absolute atomic E-state index is 0.291. The van der Waals surface area contributed by atoms with Crippen LogP contribution in [0.5, 0.6) is 5.75 Å². The quantitative estimate of drug-likeness (QED) is 0.543. The molecule has 1 aromatic heterocycles. The molecule has 3 aromatic rings. The molecule has 1 heterocycles. The van der Waals surface area contributed by atoms with Crippen molar-refractivity contribution in [3.05, 3.63) is 57.9 Å². The number of nitrogens with zero attached hydrogens (tertiary/aromatic N) is 2. The highest BCUT2D eigenvalue weighted by Crippen LogP contribution is 2.22. The molecular formula is C20H21ClN2O3S. The Morgan fingerprint density at radius 3 is 2.63 bits per heavy atom. The van der Waals surface area contributed by atoms with Gasteiger partial charge >= 0.3 is 0 Å². The van der Waals surface area contributed by atoms with Crippen LogP contribution in [0.15, 0.2) is 47.5 Å². The highest BCUT2D eigenvalue weighted by Gasteiger charge is 2.10. The maximum absolute atomic E-state index is 12.6. The Hall–Kier alpha value is -2.15. The van der Waals surface area contributed by atoms with Gasteiger partial charge in [0.2, 0.25) is 0 Å². The second-order valence-electron chi connectivity index (χ2n) is 5.72. The van der Waals surface area contributed by atoms with Gasteiger partial charge in [0.1, 0.15) is 5.75 Å². The van der Waals surface area contributed by atoms with Crippen molar-refractivity contribution in [2.75, 3.05) is 19.8 Å². The van der Waals surface area contributed by atoms with Gasteiger partial charge in [0.25, 0.3) is 5.91 Å². The van der Waals surface area contributed by atoms with Gasteiger partial charge in [0.15, 0.2) is 4.80 Å². The Morgan fingerprint density at radius 2 is 1.93 bits per heavy atom. The highest BCUT2D eigenvalue weighted by atomic mass is 35.5. The van der Waals surface area contributed by atoms with E-state index < -0.39 is 0 Å². The van der Waals surface area contributed by atoms with Gasteiger partial charge in [-0.1, -0.05) is 22.9 Å². The summed E-state index contributed by atoms with van der Waals surface area (Å²) in [5.74, 6) is 0.443. The van der Waals surface area contributed by atoms with Crippen molar-refractivity contribution in [1.82, 2.24) is 4.57 Å². The number of carbonyl (C=O) groups excluding carboxylic acids is 1. The summed E-state index contributed by atoms with van der Waals surface area (Å²) in [6.45, 7) is 6.27. The van der Waals surface area contributed by atoms with Crippen molar-refractivity contribution in [1.29, 1.82) is 0 Å². The Labute approximate surface area is 166 Å². The molecule has 0 aliphatic carbocycles. The Kier molecular flexibility index (Phi) is 6.66. The van der Waals surface area contributed by atoms with E-state index in [9.17, 15) is 4.79 Å². The molecule has 0 saturated heterocycles. The number of hydrogen-bond donors (Lipinski definition) is 0. The average Bonchev–Trinajstić information content (AvgIpc) is 2.99. The smallest absolute Gasteiger partial charge is 0.279 e. The summed E-state index contributed by atoms with van der Waals surface area (Å²) >= 11 is 7.55. The summed E-state index contributed by atoms with van der Waals surface area (Å²) in [6.07, 6.45) is 0. The van der Waals surface area contributed by atoms with Crippen molar-refractivity contribution in [2.45, 2.75) is 20.4 Å². The van der Waals surface area contributed by atoms with Crippen LogP contribution in [0.2, 0.25) is 5.02 Å². The molecule has 27 heavy (non-hydrogen) atoms. The fraction of sp³-hybridized carbons (Fsp3) is 0.300. The normalized spacial score (nSPS) is 11.9. The van der Waals surface area contributed by atoms with Crippen molar-refractivity contribution in [3.8, 4) is 5.75 Å². The first-order chi connectivity index (χ1) is 13.1. The second-order valence-corrected chi connectivity index (χ2v) is 7.17. The topological polar surface area (TPSA) is 52.8 Å². The van der Waals surface area contributed by atoms with E-state index in [1.54, 1.807) is 24.3 Å². The molecule has 0 aliphatic rings. The molecule has 0 fully saturated rings. The molecule has 1 amide bonds. The van der Waals surface area contributed by atoms with E-state index in [0.717, 1.165) is 16.0 Å². The third-order valence-corrected chi connectivity index (χ3v) is 5.19. The predicted octanol–water partition coefficient (Wildman–Crippen LogP) is 4.53. The maximum atomic E-state index is 12.6. The van der Waals surface area contributed by atoms with Gasteiger partial charge in [-0.05, 0) is 56.3 Å². The number of hydrogen-bond acceptors (Lipinski definition) is 4. The van der Waals surface area contributed by atoms with E-state index in [0.29, 0.717) is 41.8 Å². The number of fused-ring (bicyclic) bond motifs is 1. The lowest BCUT2D eigenvalue weighted by Gasteiger charge is -2.05. The van der Waals surface area contributed by atoms with Crippen LogP contribution >= 0.6 is 22.9 Å². The van der Waals surface area contributed by atoms with Gasteiger partial charge in [-0.2, -0.15) is 4.99 Å². The molecule has 0 N–H and O–H groups in total. The standard InChI is InChI=1S/C20H21ClN2O3S/c1-3-25-12-11-23-17-10-7-15(21)13-18(17)27-20(23)22-19(24)14-5-8-16(9-6-14)26-4-2/h5-10,13H,3-4,11-12H2,1-2H3. The zero-order valence-electron chi connectivity index (χ0n) is 15.3. The maximum Gasteiger partial charge on any atom is 0.279 e. The Morgan fingerprint density at radius 1 is 1.15 bits per heavy atom. The molecule has 0 unspecified atom stereocenters. The van der Waals surface area contributed by atoms with Crippen LogP contribution in [0.4, 0.5) is 0 Å². The number of aromatic nitrogens is 1. The predicted molar refractivity (Wildman–Crippen MR) is 109 cm³/mol.